The fourth-order valence-corrected chi connectivity index (χ4v) is 8.23. The molecule has 4 heterocycles. The Labute approximate surface area is 322 Å². The van der Waals surface area contributed by atoms with Crippen LogP contribution in [0.1, 0.15) is 0 Å². The zero-order valence-electron chi connectivity index (χ0n) is 30.2. The van der Waals surface area contributed by atoms with Gasteiger partial charge in [0.25, 0.3) is 0 Å². The Balaban J connectivity index is 1.23. The Kier molecular flexibility index (Phi) is 7.38. The third-order valence-electron chi connectivity index (χ3n) is 10.7. The van der Waals surface area contributed by atoms with Crippen LogP contribution in [0.2, 0.25) is 0 Å². The van der Waals surface area contributed by atoms with Gasteiger partial charge >= 0.3 is 0 Å². The van der Waals surface area contributed by atoms with Gasteiger partial charge in [0.1, 0.15) is 6.33 Å². The molecule has 0 unspecified atom stereocenters. The first-order chi connectivity index (χ1) is 27.8. The minimum Gasteiger partial charge on any atom is -0.309 e. The predicted molar refractivity (Wildman–Crippen MR) is 228 cm³/mol. The van der Waals surface area contributed by atoms with Crippen molar-refractivity contribution in [2.24, 2.45) is 0 Å². The molecule has 0 saturated heterocycles. The Morgan fingerprint density at radius 1 is 0.357 bits per heavy atom. The molecule has 4 aromatic heterocycles. The summed E-state index contributed by atoms with van der Waals surface area (Å²) in [4.78, 5) is 19.4. The molecular formula is C50H32N6. The molecule has 0 saturated carbocycles. The summed E-state index contributed by atoms with van der Waals surface area (Å²) in [6.07, 6.45) is 3.36. The van der Waals surface area contributed by atoms with Gasteiger partial charge < -0.3 is 9.13 Å². The van der Waals surface area contributed by atoms with E-state index in [1.165, 1.54) is 21.5 Å². The van der Waals surface area contributed by atoms with Crippen molar-refractivity contribution >= 4 is 43.6 Å². The van der Waals surface area contributed by atoms with E-state index in [1.54, 1.807) is 12.5 Å². The number of hydrogen-bond acceptors (Lipinski definition) is 4. The molecule has 6 heteroatoms. The van der Waals surface area contributed by atoms with Gasteiger partial charge in [-0.1, -0.05) is 127 Å². The lowest BCUT2D eigenvalue weighted by atomic mass is 9.99. The van der Waals surface area contributed by atoms with Crippen LogP contribution in [0.4, 0.5) is 0 Å². The molecule has 0 fully saturated rings. The van der Waals surface area contributed by atoms with E-state index in [9.17, 15) is 0 Å². The Morgan fingerprint density at radius 2 is 0.821 bits per heavy atom. The molecule has 0 bridgehead atoms. The van der Waals surface area contributed by atoms with Crippen LogP contribution in [0.25, 0.3) is 100 Å². The average Bonchev–Trinajstić information content (AvgIpc) is 3.80. The molecule has 0 aliphatic rings. The van der Waals surface area contributed by atoms with Crippen molar-refractivity contribution in [2.45, 2.75) is 0 Å². The summed E-state index contributed by atoms with van der Waals surface area (Å²) in [6.45, 7) is 0. The summed E-state index contributed by atoms with van der Waals surface area (Å²) < 4.78 is 4.77. The molecule has 0 atom stereocenters. The Bertz CT molecular complexity index is 3010. The fourth-order valence-electron chi connectivity index (χ4n) is 8.23. The summed E-state index contributed by atoms with van der Waals surface area (Å²) in [5.41, 5.74) is 13.0. The van der Waals surface area contributed by atoms with Crippen molar-refractivity contribution in [2.75, 3.05) is 0 Å². The normalized spacial score (nSPS) is 11.6. The molecule has 11 rings (SSSR count). The van der Waals surface area contributed by atoms with E-state index in [0.717, 1.165) is 72.8 Å². The number of benzene rings is 7. The molecule has 0 N–H and O–H groups in total. The highest BCUT2D eigenvalue weighted by Gasteiger charge is 2.20. The zero-order valence-corrected chi connectivity index (χ0v) is 30.2. The molecule has 0 spiro atoms. The lowest BCUT2D eigenvalue weighted by molar-refractivity contribution is 1.13. The number of rotatable bonds is 6. The maximum atomic E-state index is 5.34. The summed E-state index contributed by atoms with van der Waals surface area (Å²) in [5.74, 6) is 0.649. The van der Waals surface area contributed by atoms with Gasteiger partial charge in [-0.3, -0.25) is 0 Å². The van der Waals surface area contributed by atoms with Crippen LogP contribution in [0, 0.1) is 0 Å². The molecule has 0 amide bonds. The van der Waals surface area contributed by atoms with Gasteiger partial charge in [0.05, 0.1) is 39.1 Å². The second-order valence-corrected chi connectivity index (χ2v) is 13.9. The molecule has 6 nitrogen and oxygen atoms in total. The van der Waals surface area contributed by atoms with Crippen molar-refractivity contribution in [3.8, 4) is 56.5 Å². The third-order valence-corrected chi connectivity index (χ3v) is 10.7. The number of nitrogens with zero attached hydrogens (tertiary/aromatic N) is 6. The molecule has 0 aliphatic carbocycles. The fraction of sp³-hybridized carbons (Fsp3) is 0. The minimum atomic E-state index is 0.649. The van der Waals surface area contributed by atoms with Gasteiger partial charge in [-0.25, -0.2) is 19.9 Å². The van der Waals surface area contributed by atoms with Crippen molar-refractivity contribution in [1.29, 1.82) is 0 Å². The van der Waals surface area contributed by atoms with E-state index in [0.29, 0.717) is 5.82 Å². The summed E-state index contributed by atoms with van der Waals surface area (Å²) in [6, 6.07) is 64.0. The summed E-state index contributed by atoms with van der Waals surface area (Å²) in [7, 11) is 0. The maximum Gasteiger partial charge on any atom is 0.160 e. The standard InChI is InChI=1S/C50H32N6/c1-2-14-33(15-3-1)50-53-44(31-45(54-50)38-17-5-4-16-37(38)43-26-27-51-32-52-43)34-28-35(55-46-22-10-6-18-39(46)40-19-7-11-23-47(40)55)30-36(29-34)56-48-24-12-8-20-41(48)42-21-9-13-25-49(42)56/h1-32H. The van der Waals surface area contributed by atoms with Crippen molar-refractivity contribution in [3.63, 3.8) is 0 Å². The van der Waals surface area contributed by atoms with Crippen LogP contribution in [0.3, 0.4) is 0 Å². The first-order valence-electron chi connectivity index (χ1n) is 18.7. The van der Waals surface area contributed by atoms with E-state index in [4.69, 9.17) is 9.97 Å². The molecular weight excluding hydrogens is 685 g/mol. The second-order valence-electron chi connectivity index (χ2n) is 13.9. The first-order valence-corrected chi connectivity index (χ1v) is 18.7. The molecule has 7 aromatic carbocycles. The van der Waals surface area contributed by atoms with Gasteiger partial charge in [0.15, 0.2) is 5.82 Å². The van der Waals surface area contributed by atoms with E-state index in [2.05, 4.69) is 165 Å². The van der Waals surface area contributed by atoms with E-state index in [-0.39, 0.29) is 0 Å². The van der Waals surface area contributed by atoms with Crippen LogP contribution in [0.5, 0.6) is 0 Å². The monoisotopic (exact) mass is 716 g/mol. The lowest BCUT2D eigenvalue weighted by Crippen LogP contribution is -2.02. The quantitative estimate of drug-likeness (QED) is 0.172. The molecule has 11 aromatic rings. The van der Waals surface area contributed by atoms with Gasteiger partial charge in [-0.15, -0.1) is 0 Å². The molecule has 0 radical (unpaired) electrons. The zero-order chi connectivity index (χ0) is 37.0. The van der Waals surface area contributed by atoms with Crippen LogP contribution in [-0.4, -0.2) is 29.1 Å². The van der Waals surface area contributed by atoms with Crippen LogP contribution < -0.4 is 0 Å². The average molecular weight is 717 g/mol. The second kappa shape index (κ2) is 13.0. The van der Waals surface area contributed by atoms with E-state index >= 15 is 0 Å². The number of aromatic nitrogens is 6. The first kappa shape index (κ1) is 31.8. The number of fused-ring (bicyclic) bond motifs is 6. The SMILES string of the molecule is c1ccc(-c2nc(-c3cc(-n4c5ccccc5c5ccccc54)cc(-n4c5ccccc5c5ccccc54)c3)cc(-c3ccccc3-c3ccncn3)n2)cc1. The maximum absolute atomic E-state index is 5.34. The summed E-state index contributed by atoms with van der Waals surface area (Å²) in [5, 5.41) is 4.85. The van der Waals surface area contributed by atoms with E-state index in [1.807, 2.05) is 36.4 Å². The van der Waals surface area contributed by atoms with Crippen LogP contribution in [-0.2, 0) is 0 Å². The Hall–Kier alpha value is -7.70. The molecule has 262 valence electrons. The van der Waals surface area contributed by atoms with Crippen molar-refractivity contribution in [3.05, 3.63) is 195 Å². The van der Waals surface area contributed by atoms with Crippen LogP contribution >= 0.6 is 0 Å². The summed E-state index contributed by atoms with van der Waals surface area (Å²) >= 11 is 0. The highest BCUT2D eigenvalue weighted by Crippen LogP contribution is 2.39. The lowest BCUT2D eigenvalue weighted by Gasteiger charge is -2.17. The highest BCUT2D eigenvalue weighted by molar-refractivity contribution is 6.10. The smallest absolute Gasteiger partial charge is 0.160 e. The van der Waals surface area contributed by atoms with E-state index < -0.39 is 0 Å². The molecule has 56 heavy (non-hydrogen) atoms. The third kappa shape index (κ3) is 5.19. The Morgan fingerprint density at radius 3 is 1.34 bits per heavy atom. The van der Waals surface area contributed by atoms with Crippen LogP contribution in [0.15, 0.2) is 195 Å². The van der Waals surface area contributed by atoms with Crippen molar-refractivity contribution < 1.29 is 0 Å². The van der Waals surface area contributed by atoms with Gasteiger partial charge in [-0.2, -0.15) is 0 Å². The number of hydrogen-bond donors (Lipinski definition) is 0. The highest BCUT2D eigenvalue weighted by atomic mass is 15.0. The van der Waals surface area contributed by atoms with Gasteiger partial charge in [0.2, 0.25) is 0 Å². The minimum absolute atomic E-state index is 0.649. The van der Waals surface area contributed by atoms with Gasteiger partial charge in [-0.05, 0) is 54.6 Å². The van der Waals surface area contributed by atoms with Crippen molar-refractivity contribution in [1.82, 2.24) is 29.1 Å². The van der Waals surface area contributed by atoms with Gasteiger partial charge in [0, 0.05) is 61.4 Å². The predicted octanol–water partition coefficient (Wildman–Crippen LogP) is 12.1. The largest absolute Gasteiger partial charge is 0.309 e. The number of para-hydroxylation sites is 4. The topological polar surface area (TPSA) is 61.4 Å². The molecule has 0 aliphatic heterocycles.